The highest BCUT2D eigenvalue weighted by Crippen LogP contribution is 2.14. The predicted octanol–water partition coefficient (Wildman–Crippen LogP) is 3.64. The van der Waals surface area contributed by atoms with Crippen LogP contribution in [0.3, 0.4) is 0 Å². The van der Waals surface area contributed by atoms with Crippen LogP contribution < -0.4 is 0 Å². The second-order valence-corrected chi connectivity index (χ2v) is 4.98. The maximum absolute atomic E-state index is 5.71. The standard InChI is InChI=1S/C12H26OS/c1-5-6-11(4)7-13-8-12(9-14)10(2)3/h10-12,14H,5-9H2,1-4H3. The van der Waals surface area contributed by atoms with Crippen molar-refractivity contribution in [3.05, 3.63) is 0 Å². The van der Waals surface area contributed by atoms with Crippen molar-refractivity contribution in [2.45, 2.75) is 40.5 Å². The van der Waals surface area contributed by atoms with Crippen LogP contribution in [-0.4, -0.2) is 19.0 Å². The Morgan fingerprint density at radius 2 is 1.79 bits per heavy atom. The van der Waals surface area contributed by atoms with Gasteiger partial charge in [-0.25, -0.2) is 0 Å². The van der Waals surface area contributed by atoms with E-state index in [1.54, 1.807) is 0 Å². The van der Waals surface area contributed by atoms with Crippen molar-refractivity contribution in [3.63, 3.8) is 0 Å². The molecule has 0 aliphatic heterocycles. The van der Waals surface area contributed by atoms with Gasteiger partial charge < -0.3 is 4.74 Å². The lowest BCUT2D eigenvalue weighted by molar-refractivity contribution is 0.0670. The normalized spacial score (nSPS) is 15.9. The first-order valence-electron chi connectivity index (χ1n) is 5.80. The van der Waals surface area contributed by atoms with Crippen molar-refractivity contribution in [1.82, 2.24) is 0 Å². The summed E-state index contributed by atoms with van der Waals surface area (Å²) < 4.78 is 5.71. The fraction of sp³-hybridized carbons (Fsp3) is 1.00. The fourth-order valence-electron chi connectivity index (χ4n) is 1.45. The van der Waals surface area contributed by atoms with Gasteiger partial charge in [-0.15, -0.1) is 0 Å². The molecule has 0 amide bonds. The zero-order chi connectivity index (χ0) is 11.0. The van der Waals surface area contributed by atoms with Crippen LogP contribution in [0.2, 0.25) is 0 Å². The molecule has 0 saturated heterocycles. The van der Waals surface area contributed by atoms with Gasteiger partial charge in [0.2, 0.25) is 0 Å². The Morgan fingerprint density at radius 1 is 1.14 bits per heavy atom. The Hall–Kier alpha value is 0.310. The average molecular weight is 218 g/mol. The van der Waals surface area contributed by atoms with E-state index in [4.69, 9.17) is 4.74 Å². The van der Waals surface area contributed by atoms with Crippen LogP contribution in [-0.2, 0) is 4.74 Å². The number of hydrogen-bond acceptors (Lipinski definition) is 2. The summed E-state index contributed by atoms with van der Waals surface area (Å²) in [5.41, 5.74) is 0. The summed E-state index contributed by atoms with van der Waals surface area (Å²) in [6.45, 7) is 10.7. The molecule has 0 aliphatic carbocycles. The van der Waals surface area contributed by atoms with Crippen molar-refractivity contribution in [2.24, 2.45) is 17.8 Å². The lowest BCUT2D eigenvalue weighted by Gasteiger charge is -2.19. The minimum absolute atomic E-state index is 0.604. The molecule has 0 N–H and O–H groups in total. The van der Waals surface area contributed by atoms with Crippen LogP contribution >= 0.6 is 12.6 Å². The first-order valence-corrected chi connectivity index (χ1v) is 6.43. The Kier molecular flexibility index (Phi) is 8.80. The SMILES string of the molecule is CCCC(C)COCC(CS)C(C)C. The van der Waals surface area contributed by atoms with Crippen molar-refractivity contribution >= 4 is 12.6 Å². The molecule has 0 spiro atoms. The minimum atomic E-state index is 0.604. The molecular formula is C12H26OS. The van der Waals surface area contributed by atoms with E-state index in [9.17, 15) is 0 Å². The molecule has 0 saturated carbocycles. The molecule has 0 rings (SSSR count). The van der Waals surface area contributed by atoms with E-state index in [1.165, 1.54) is 12.8 Å². The van der Waals surface area contributed by atoms with Gasteiger partial charge >= 0.3 is 0 Å². The molecule has 2 atom stereocenters. The van der Waals surface area contributed by atoms with E-state index < -0.39 is 0 Å². The molecule has 0 heterocycles. The van der Waals surface area contributed by atoms with Crippen LogP contribution in [0.5, 0.6) is 0 Å². The Balaban J connectivity index is 3.50. The van der Waals surface area contributed by atoms with Crippen LogP contribution in [0.1, 0.15) is 40.5 Å². The number of ether oxygens (including phenoxy) is 1. The van der Waals surface area contributed by atoms with Gasteiger partial charge in [0.1, 0.15) is 0 Å². The van der Waals surface area contributed by atoms with E-state index in [-0.39, 0.29) is 0 Å². The van der Waals surface area contributed by atoms with E-state index in [2.05, 4.69) is 40.3 Å². The quantitative estimate of drug-likeness (QED) is 0.612. The predicted molar refractivity (Wildman–Crippen MR) is 67.1 cm³/mol. The monoisotopic (exact) mass is 218 g/mol. The molecule has 0 bridgehead atoms. The lowest BCUT2D eigenvalue weighted by atomic mass is 9.99. The number of rotatable bonds is 8. The second kappa shape index (κ2) is 8.60. The molecule has 0 fully saturated rings. The summed E-state index contributed by atoms with van der Waals surface area (Å²) in [5.74, 6) is 2.91. The van der Waals surface area contributed by atoms with Crippen molar-refractivity contribution in [3.8, 4) is 0 Å². The molecule has 2 unspecified atom stereocenters. The van der Waals surface area contributed by atoms with Gasteiger partial charge in [-0.2, -0.15) is 12.6 Å². The smallest absolute Gasteiger partial charge is 0.0504 e. The summed E-state index contributed by atoms with van der Waals surface area (Å²) in [6.07, 6.45) is 2.53. The van der Waals surface area contributed by atoms with Crippen molar-refractivity contribution in [2.75, 3.05) is 19.0 Å². The molecule has 0 aromatic carbocycles. The topological polar surface area (TPSA) is 9.23 Å². The Labute approximate surface area is 95.0 Å². The van der Waals surface area contributed by atoms with Crippen LogP contribution in [0, 0.1) is 17.8 Å². The molecule has 1 nitrogen and oxygen atoms in total. The first-order chi connectivity index (χ1) is 6.61. The second-order valence-electron chi connectivity index (χ2n) is 4.62. The van der Waals surface area contributed by atoms with Crippen molar-refractivity contribution < 1.29 is 4.74 Å². The van der Waals surface area contributed by atoms with Gasteiger partial charge in [0, 0.05) is 6.61 Å². The molecule has 14 heavy (non-hydrogen) atoms. The number of hydrogen-bond donors (Lipinski definition) is 1. The van der Waals surface area contributed by atoms with Crippen molar-refractivity contribution in [1.29, 1.82) is 0 Å². The summed E-state index contributed by atoms with van der Waals surface area (Å²) in [7, 11) is 0. The molecular weight excluding hydrogens is 192 g/mol. The van der Waals surface area contributed by atoms with Gasteiger partial charge in [-0.1, -0.05) is 34.1 Å². The Bertz CT molecular complexity index is 125. The summed E-state index contributed by atoms with van der Waals surface area (Å²) in [6, 6.07) is 0. The molecule has 0 aromatic heterocycles. The molecule has 0 aromatic rings. The summed E-state index contributed by atoms with van der Waals surface area (Å²) >= 11 is 4.34. The van der Waals surface area contributed by atoms with E-state index >= 15 is 0 Å². The molecule has 0 aliphatic rings. The lowest BCUT2D eigenvalue weighted by Crippen LogP contribution is -2.19. The van der Waals surface area contributed by atoms with Gasteiger partial charge in [0.25, 0.3) is 0 Å². The molecule has 0 radical (unpaired) electrons. The largest absolute Gasteiger partial charge is 0.381 e. The maximum Gasteiger partial charge on any atom is 0.0504 e. The molecule has 86 valence electrons. The summed E-state index contributed by atoms with van der Waals surface area (Å²) in [5, 5.41) is 0. The number of thiol groups is 1. The average Bonchev–Trinajstić information content (AvgIpc) is 2.12. The zero-order valence-corrected chi connectivity index (χ0v) is 11.0. The maximum atomic E-state index is 5.71. The zero-order valence-electron chi connectivity index (χ0n) is 10.1. The van der Waals surface area contributed by atoms with E-state index in [1.807, 2.05) is 0 Å². The molecule has 2 heteroatoms. The highest BCUT2D eigenvalue weighted by molar-refractivity contribution is 7.80. The third kappa shape index (κ3) is 6.72. The fourth-order valence-corrected chi connectivity index (χ4v) is 1.98. The third-order valence-electron chi connectivity index (χ3n) is 2.69. The highest BCUT2D eigenvalue weighted by Gasteiger charge is 2.12. The van der Waals surface area contributed by atoms with Crippen LogP contribution in [0.15, 0.2) is 0 Å². The van der Waals surface area contributed by atoms with Crippen LogP contribution in [0.4, 0.5) is 0 Å². The van der Waals surface area contributed by atoms with E-state index in [0.717, 1.165) is 19.0 Å². The summed E-state index contributed by atoms with van der Waals surface area (Å²) in [4.78, 5) is 0. The van der Waals surface area contributed by atoms with Gasteiger partial charge in [0.15, 0.2) is 0 Å². The Morgan fingerprint density at radius 3 is 2.21 bits per heavy atom. The van der Waals surface area contributed by atoms with Gasteiger partial charge in [0.05, 0.1) is 6.61 Å². The van der Waals surface area contributed by atoms with Gasteiger partial charge in [-0.3, -0.25) is 0 Å². The van der Waals surface area contributed by atoms with Crippen LogP contribution in [0.25, 0.3) is 0 Å². The first kappa shape index (κ1) is 14.3. The minimum Gasteiger partial charge on any atom is -0.381 e. The van der Waals surface area contributed by atoms with Gasteiger partial charge in [-0.05, 0) is 29.9 Å². The third-order valence-corrected chi connectivity index (χ3v) is 3.16. The highest BCUT2D eigenvalue weighted by atomic mass is 32.1. The van der Waals surface area contributed by atoms with E-state index in [0.29, 0.717) is 17.8 Å².